The molecule has 3 rings (SSSR count). The number of nitrogens with zero attached hydrogens (tertiary/aromatic N) is 1. The number of Topliss-reactive ketones (excluding diaryl/α,β-unsaturated/α-hetero) is 1. The molecule has 4 heteroatoms. The molecule has 1 amide bonds. The Morgan fingerprint density at radius 2 is 1.78 bits per heavy atom. The smallest absolute Gasteiger partial charge is 0.264 e. The lowest BCUT2D eigenvalue weighted by Gasteiger charge is -2.23. The SMILES string of the molecule is C=C(C)CN1C(=O)C(O)(CC(=O)c2ccc(C(C)C)cc2)c2ccccc21. The second-order valence-electron chi connectivity index (χ2n) is 7.60. The zero-order valence-electron chi connectivity index (χ0n) is 16.0. The number of hydrogen-bond acceptors (Lipinski definition) is 3. The molecule has 27 heavy (non-hydrogen) atoms. The molecule has 0 fully saturated rings. The van der Waals surface area contributed by atoms with Crippen LogP contribution in [-0.4, -0.2) is 23.3 Å². The van der Waals surface area contributed by atoms with Crippen molar-refractivity contribution >= 4 is 17.4 Å². The Hall–Kier alpha value is -2.72. The second-order valence-corrected chi connectivity index (χ2v) is 7.60. The Bertz CT molecular complexity index is 898. The molecule has 0 aromatic heterocycles. The molecule has 1 heterocycles. The predicted octanol–water partition coefficient (Wildman–Crippen LogP) is 4.19. The zero-order valence-corrected chi connectivity index (χ0v) is 16.0. The molecule has 1 atom stereocenters. The number of aliphatic hydroxyl groups is 1. The van der Waals surface area contributed by atoms with Gasteiger partial charge in [0.2, 0.25) is 0 Å². The molecule has 1 aliphatic rings. The normalized spacial score (nSPS) is 18.7. The fourth-order valence-corrected chi connectivity index (χ4v) is 3.49. The van der Waals surface area contributed by atoms with E-state index in [9.17, 15) is 14.7 Å². The summed E-state index contributed by atoms with van der Waals surface area (Å²) in [5, 5.41) is 11.2. The van der Waals surface area contributed by atoms with Crippen LogP contribution in [0.1, 0.15) is 54.6 Å². The summed E-state index contributed by atoms with van der Waals surface area (Å²) in [6, 6.07) is 14.4. The number of carbonyl (C=O) groups excluding carboxylic acids is 2. The van der Waals surface area contributed by atoms with Crippen LogP contribution >= 0.6 is 0 Å². The molecule has 0 bridgehead atoms. The third-order valence-corrected chi connectivity index (χ3v) is 4.98. The lowest BCUT2D eigenvalue weighted by molar-refractivity contribution is -0.135. The topological polar surface area (TPSA) is 57.6 Å². The number of hydrogen-bond donors (Lipinski definition) is 1. The van der Waals surface area contributed by atoms with Crippen molar-refractivity contribution in [2.24, 2.45) is 0 Å². The maximum atomic E-state index is 13.0. The Morgan fingerprint density at radius 3 is 2.37 bits per heavy atom. The van der Waals surface area contributed by atoms with Gasteiger partial charge in [-0.15, -0.1) is 0 Å². The molecule has 1 N–H and O–H groups in total. The van der Waals surface area contributed by atoms with E-state index in [4.69, 9.17) is 0 Å². The van der Waals surface area contributed by atoms with Crippen LogP contribution in [-0.2, 0) is 10.4 Å². The number of anilines is 1. The fourth-order valence-electron chi connectivity index (χ4n) is 3.49. The van der Waals surface area contributed by atoms with Gasteiger partial charge in [0, 0.05) is 17.7 Å². The average Bonchev–Trinajstić information content (AvgIpc) is 2.84. The summed E-state index contributed by atoms with van der Waals surface area (Å²) in [5.41, 5.74) is 1.70. The monoisotopic (exact) mass is 363 g/mol. The highest BCUT2D eigenvalue weighted by molar-refractivity contribution is 6.11. The molecule has 1 aliphatic heterocycles. The van der Waals surface area contributed by atoms with E-state index in [0.29, 0.717) is 29.3 Å². The summed E-state index contributed by atoms with van der Waals surface area (Å²) in [6.07, 6.45) is -0.281. The van der Waals surface area contributed by atoms with E-state index in [-0.39, 0.29) is 12.2 Å². The molecule has 1 unspecified atom stereocenters. The molecule has 0 aliphatic carbocycles. The van der Waals surface area contributed by atoms with Gasteiger partial charge >= 0.3 is 0 Å². The fraction of sp³-hybridized carbons (Fsp3) is 0.304. The van der Waals surface area contributed by atoms with Gasteiger partial charge in [-0.2, -0.15) is 0 Å². The minimum absolute atomic E-state index is 0.256. The van der Waals surface area contributed by atoms with Crippen molar-refractivity contribution in [2.45, 2.75) is 38.7 Å². The molecule has 2 aromatic carbocycles. The van der Waals surface area contributed by atoms with E-state index < -0.39 is 11.5 Å². The summed E-state index contributed by atoms with van der Waals surface area (Å²) in [6.45, 7) is 10.2. The molecular weight excluding hydrogens is 338 g/mol. The first kappa shape index (κ1) is 19.1. The molecule has 4 nitrogen and oxygen atoms in total. The zero-order chi connectivity index (χ0) is 19.8. The summed E-state index contributed by atoms with van der Waals surface area (Å²) in [5.74, 6) is -0.357. The van der Waals surface area contributed by atoms with Crippen molar-refractivity contribution in [3.05, 3.63) is 77.4 Å². The molecular formula is C23H25NO3. The van der Waals surface area contributed by atoms with Gasteiger partial charge in [0.1, 0.15) is 0 Å². The lowest BCUT2D eigenvalue weighted by atomic mass is 9.87. The summed E-state index contributed by atoms with van der Waals surface area (Å²) >= 11 is 0. The number of ketones is 1. The Morgan fingerprint density at radius 1 is 1.15 bits per heavy atom. The maximum absolute atomic E-state index is 13.0. The first-order valence-electron chi connectivity index (χ1n) is 9.15. The highest BCUT2D eigenvalue weighted by Gasteiger charge is 2.50. The van der Waals surface area contributed by atoms with Gasteiger partial charge in [0.05, 0.1) is 12.1 Å². The third-order valence-electron chi connectivity index (χ3n) is 4.98. The molecule has 0 spiro atoms. The van der Waals surface area contributed by atoms with Crippen LogP contribution in [0.3, 0.4) is 0 Å². The van der Waals surface area contributed by atoms with Crippen LogP contribution in [0, 0.1) is 0 Å². The van der Waals surface area contributed by atoms with E-state index in [0.717, 1.165) is 11.1 Å². The van der Waals surface area contributed by atoms with E-state index in [2.05, 4.69) is 20.4 Å². The third kappa shape index (κ3) is 3.45. The van der Waals surface area contributed by atoms with Gasteiger partial charge in [-0.25, -0.2) is 0 Å². The van der Waals surface area contributed by atoms with Crippen molar-refractivity contribution < 1.29 is 14.7 Å². The van der Waals surface area contributed by atoms with Crippen LogP contribution in [0.4, 0.5) is 5.69 Å². The highest BCUT2D eigenvalue weighted by atomic mass is 16.3. The number of benzene rings is 2. The quantitative estimate of drug-likeness (QED) is 0.618. The van der Waals surface area contributed by atoms with Crippen molar-refractivity contribution in [1.82, 2.24) is 0 Å². The van der Waals surface area contributed by atoms with Crippen LogP contribution in [0.5, 0.6) is 0 Å². The van der Waals surface area contributed by atoms with Gasteiger partial charge in [0.25, 0.3) is 5.91 Å². The minimum atomic E-state index is -1.85. The van der Waals surface area contributed by atoms with Gasteiger partial charge in [-0.05, 0) is 24.5 Å². The molecule has 140 valence electrons. The Kier molecular flexibility index (Phi) is 5.03. The van der Waals surface area contributed by atoms with Crippen LogP contribution in [0.25, 0.3) is 0 Å². The lowest BCUT2D eigenvalue weighted by Crippen LogP contribution is -2.42. The summed E-state index contributed by atoms with van der Waals surface area (Å²) in [7, 11) is 0. The molecule has 0 saturated heterocycles. The number of amides is 1. The van der Waals surface area contributed by atoms with Crippen molar-refractivity contribution in [1.29, 1.82) is 0 Å². The number of rotatable bonds is 6. The van der Waals surface area contributed by atoms with Gasteiger partial charge in [-0.1, -0.05) is 68.5 Å². The first-order chi connectivity index (χ1) is 12.7. The first-order valence-corrected chi connectivity index (χ1v) is 9.15. The van der Waals surface area contributed by atoms with Crippen LogP contribution in [0.15, 0.2) is 60.7 Å². The number of fused-ring (bicyclic) bond motifs is 1. The largest absolute Gasteiger partial charge is 0.375 e. The molecule has 0 radical (unpaired) electrons. The van der Waals surface area contributed by atoms with E-state index in [1.165, 1.54) is 4.90 Å². The highest BCUT2D eigenvalue weighted by Crippen LogP contribution is 2.43. The second kappa shape index (κ2) is 7.12. The summed E-state index contributed by atoms with van der Waals surface area (Å²) < 4.78 is 0. The Labute approximate surface area is 160 Å². The Balaban J connectivity index is 1.92. The number of carbonyl (C=O) groups is 2. The van der Waals surface area contributed by atoms with Crippen LogP contribution < -0.4 is 4.90 Å². The molecule has 0 saturated carbocycles. The minimum Gasteiger partial charge on any atom is -0.375 e. The van der Waals surface area contributed by atoms with Crippen molar-refractivity contribution in [2.75, 3.05) is 11.4 Å². The van der Waals surface area contributed by atoms with Gasteiger partial charge in [-0.3, -0.25) is 9.59 Å². The van der Waals surface area contributed by atoms with Gasteiger partial charge in [0.15, 0.2) is 11.4 Å². The van der Waals surface area contributed by atoms with E-state index in [1.807, 2.05) is 25.1 Å². The van der Waals surface area contributed by atoms with Crippen LogP contribution in [0.2, 0.25) is 0 Å². The standard InChI is InChI=1S/C23H25NO3/c1-15(2)14-24-20-8-6-5-7-19(20)23(27,22(24)26)13-21(25)18-11-9-17(10-12-18)16(3)4/h5-12,16,27H,1,13-14H2,2-4H3. The summed E-state index contributed by atoms with van der Waals surface area (Å²) in [4.78, 5) is 27.3. The predicted molar refractivity (Wildman–Crippen MR) is 107 cm³/mol. The number of para-hydroxylation sites is 1. The van der Waals surface area contributed by atoms with E-state index >= 15 is 0 Å². The molecule has 2 aromatic rings. The maximum Gasteiger partial charge on any atom is 0.264 e. The van der Waals surface area contributed by atoms with Crippen molar-refractivity contribution in [3.8, 4) is 0 Å². The van der Waals surface area contributed by atoms with Crippen molar-refractivity contribution in [3.63, 3.8) is 0 Å². The van der Waals surface area contributed by atoms with Gasteiger partial charge < -0.3 is 10.0 Å². The van der Waals surface area contributed by atoms with E-state index in [1.54, 1.807) is 30.3 Å². The average molecular weight is 363 g/mol.